The molecular weight excluding hydrogens is 183 g/mol. The molecule has 0 unspecified atom stereocenters. The Hall–Kier alpha value is 0.390. The summed E-state index contributed by atoms with van der Waals surface area (Å²) in [6, 6.07) is 0. The van der Waals surface area contributed by atoms with Crippen molar-refractivity contribution in [3.05, 3.63) is 0 Å². The summed E-state index contributed by atoms with van der Waals surface area (Å²) in [5.41, 5.74) is 0. The van der Waals surface area contributed by atoms with Crippen molar-refractivity contribution in [2.45, 2.75) is 44.8 Å². The van der Waals surface area contributed by atoms with Crippen molar-refractivity contribution in [1.29, 1.82) is 0 Å². The zero-order valence-corrected chi connectivity index (χ0v) is 10.2. The smallest absolute Gasteiger partial charge is 0.550 e. The van der Waals surface area contributed by atoms with Gasteiger partial charge in [-0.25, -0.2) is 0 Å². The summed E-state index contributed by atoms with van der Waals surface area (Å²) in [5.74, 6) is -1.29. The Balaban J connectivity index is 0. The molecule has 13 heavy (non-hydrogen) atoms. The summed E-state index contributed by atoms with van der Waals surface area (Å²) in [6.07, 6.45) is -0.479. The summed E-state index contributed by atoms with van der Waals surface area (Å²) in [5, 5.41) is 28.2. The van der Waals surface area contributed by atoms with E-state index in [0.717, 1.165) is 6.42 Å². The normalized spacial score (nSPS) is 14.4. The molecule has 0 aromatic heterocycles. The van der Waals surface area contributed by atoms with E-state index in [9.17, 15) is 9.90 Å². The number of hydrogen-bond donors (Lipinski definition) is 2. The molecule has 72 valence electrons. The Morgan fingerprint density at radius 3 is 2.31 bits per heavy atom. The van der Waals surface area contributed by atoms with Crippen molar-refractivity contribution in [2.24, 2.45) is 0 Å². The van der Waals surface area contributed by atoms with E-state index in [0.29, 0.717) is 6.42 Å². The molecule has 5 heteroatoms. The molecule has 0 spiro atoms. The van der Waals surface area contributed by atoms with Crippen LogP contribution in [0, 0.1) is 0 Å². The standard InChI is InChI=1S/C8H16O4.Na/c1-2-3-6(9)4-7(10)5-8(11)12;/h6-7,9-10H,2-5H2,1H3,(H,11,12);/q;+1/p-1/t6-,7-;/m1./s1. The fraction of sp³-hybridized carbons (Fsp3) is 0.875. The Bertz CT molecular complexity index is 140. The monoisotopic (exact) mass is 198 g/mol. The maximum Gasteiger partial charge on any atom is 1.00 e. The third kappa shape index (κ3) is 10.3. The molecule has 0 bridgehead atoms. The second kappa shape index (κ2) is 8.97. The van der Waals surface area contributed by atoms with Gasteiger partial charge in [0.25, 0.3) is 0 Å². The van der Waals surface area contributed by atoms with Gasteiger partial charge < -0.3 is 20.1 Å². The van der Waals surface area contributed by atoms with Gasteiger partial charge in [-0.1, -0.05) is 13.3 Å². The first-order valence-electron chi connectivity index (χ1n) is 4.12. The molecule has 0 rings (SSSR count). The van der Waals surface area contributed by atoms with Crippen LogP contribution in [0.2, 0.25) is 0 Å². The van der Waals surface area contributed by atoms with E-state index >= 15 is 0 Å². The molecule has 0 radical (unpaired) electrons. The van der Waals surface area contributed by atoms with E-state index in [1.54, 1.807) is 0 Å². The predicted molar refractivity (Wildman–Crippen MR) is 41.2 cm³/mol. The van der Waals surface area contributed by atoms with Crippen molar-refractivity contribution < 1.29 is 49.7 Å². The third-order valence-electron chi connectivity index (χ3n) is 1.57. The van der Waals surface area contributed by atoms with Gasteiger partial charge in [0.15, 0.2) is 0 Å². The third-order valence-corrected chi connectivity index (χ3v) is 1.57. The molecule has 0 aromatic rings. The van der Waals surface area contributed by atoms with Gasteiger partial charge in [-0.05, 0) is 12.8 Å². The van der Waals surface area contributed by atoms with Crippen LogP contribution in [0.1, 0.15) is 32.6 Å². The zero-order valence-electron chi connectivity index (χ0n) is 8.19. The molecule has 2 N–H and O–H groups in total. The number of carboxylic acids is 1. The number of aliphatic hydroxyl groups is 2. The number of carboxylic acid groups (broad SMARTS) is 1. The topological polar surface area (TPSA) is 80.6 Å². The van der Waals surface area contributed by atoms with Gasteiger partial charge in [0, 0.05) is 12.4 Å². The molecule has 4 nitrogen and oxygen atoms in total. The van der Waals surface area contributed by atoms with Gasteiger partial charge in [-0.15, -0.1) is 0 Å². The maximum absolute atomic E-state index is 10.00. The van der Waals surface area contributed by atoms with Gasteiger partial charge >= 0.3 is 29.6 Å². The van der Waals surface area contributed by atoms with E-state index in [1.165, 1.54) is 0 Å². The Morgan fingerprint density at radius 2 is 1.92 bits per heavy atom. The van der Waals surface area contributed by atoms with Crippen LogP contribution in [-0.2, 0) is 4.79 Å². The molecule has 0 amide bonds. The summed E-state index contributed by atoms with van der Waals surface area (Å²) in [6.45, 7) is 1.91. The number of aliphatic hydroxyl groups excluding tert-OH is 2. The Kier molecular flexibility index (Phi) is 10.9. The largest absolute Gasteiger partial charge is 1.00 e. The first-order chi connectivity index (χ1) is 5.56. The van der Waals surface area contributed by atoms with E-state index < -0.39 is 24.6 Å². The quantitative estimate of drug-likeness (QED) is 0.427. The molecule has 0 saturated carbocycles. The number of hydrogen-bond acceptors (Lipinski definition) is 4. The number of carbonyl (C=O) groups is 1. The van der Waals surface area contributed by atoms with E-state index in [-0.39, 0.29) is 36.0 Å². The number of rotatable bonds is 6. The van der Waals surface area contributed by atoms with Gasteiger partial charge in [0.1, 0.15) is 0 Å². The Labute approximate surface area is 100 Å². The van der Waals surface area contributed by atoms with Crippen molar-refractivity contribution in [1.82, 2.24) is 0 Å². The summed E-state index contributed by atoms with van der Waals surface area (Å²) >= 11 is 0. The molecule has 2 atom stereocenters. The van der Waals surface area contributed by atoms with Crippen LogP contribution in [0.15, 0.2) is 0 Å². The van der Waals surface area contributed by atoms with Gasteiger partial charge in [0.05, 0.1) is 12.2 Å². The van der Waals surface area contributed by atoms with Gasteiger partial charge in [0.2, 0.25) is 0 Å². The summed E-state index contributed by atoms with van der Waals surface area (Å²) in [7, 11) is 0. The molecule has 0 aliphatic rings. The summed E-state index contributed by atoms with van der Waals surface area (Å²) < 4.78 is 0. The fourth-order valence-electron chi connectivity index (χ4n) is 1.04. The van der Waals surface area contributed by atoms with Gasteiger partial charge in [-0.3, -0.25) is 0 Å². The second-order valence-corrected chi connectivity index (χ2v) is 2.91. The minimum atomic E-state index is -1.29. The average Bonchev–Trinajstić information content (AvgIpc) is 1.84. The van der Waals surface area contributed by atoms with Crippen LogP contribution in [-0.4, -0.2) is 28.4 Å². The molecule has 0 aromatic carbocycles. The zero-order chi connectivity index (χ0) is 9.56. The molecule has 0 aliphatic heterocycles. The minimum Gasteiger partial charge on any atom is -0.550 e. The second-order valence-electron chi connectivity index (χ2n) is 2.91. The Morgan fingerprint density at radius 1 is 1.38 bits per heavy atom. The summed E-state index contributed by atoms with van der Waals surface area (Å²) in [4.78, 5) is 10.00. The molecule has 0 heterocycles. The van der Waals surface area contributed by atoms with E-state index in [2.05, 4.69) is 0 Å². The molecule has 0 saturated heterocycles. The van der Waals surface area contributed by atoms with E-state index in [4.69, 9.17) is 10.2 Å². The van der Waals surface area contributed by atoms with Crippen LogP contribution in [0.5, 0.6) is 0 Å². The maximum atomic E-state index is 10.00. The molecule has 0 fully saturated rings. The van der Waals surface area contributed by atoms with Crippen LogP contribution in [0.3, 0.4) is 0 Å². The molecular formula is C8H15NaO4. The minimum absolute atomic E-state index is 0. The molecule has 0 aliphatic carbocycles. The van der Waals surface area contributed by atoms with Crippen molar-refractivity contribution in [2.75, 3.05) is 0 Å². The van der Waals surface area contributed by atoms with Crippen LogP contribution in [0.25, 0.3) is 0 Å². The van der Waals surface area contributed by atoms with Crippen LogP contribution in [0.4, 0.5) is 0 Å². The van der Waals surface area contributed by atoms with Crippen molar-refractivity contribution >= 4 is 5.97 Å². The number of carbonyl (C=O) groups excluding carboxylic acids is 1. The number of aliphatic carboxylic acids is 1. The first kappa shape index (κ1) is 15.8. The van der Waals surface area contributed by atoms with Gasteiger partial charge in [-0.2, -0.15) is 0 Å². The van der Waals surface area contributed by atoms with Crippen LogP contribution >= 0.6 is 0 Å². The van der Waals surface area contributed by atoms with Crippen molar-refractivity contribution in [3.8, 4) is 0 Å². The van der Waals surface area contributed by atoms with E-state index in [1.807, 2.05) is 6.92 Å². The fourth-order valence-corrected chi connectivity index (χ4v) is 1.04. The van der Waals surface area contributed by atoms with Crippen molar-refractivity contribution in [3.63, 3.8) is 0 Å². The average molecular weight is 198 g/mol. The van der Waals surface area contributed by atoms with Crippen LogP contribution < -0.4 is 34.7 Å². The SMILES string of the molecule is CCC[C@@H](O)C[C@@H](O)CC(=O)[O-].[Na+]. The predicted octanol–water partition coefficient (Wildman–Crippen LogP) is -3.96. The first-order valence-corrected chi connectivity index (χ1v) is 4.12.